The van der Waals surface area contributed by atoms with Crippen LogP contribution >= 0.6 is 0 Å². The Kier molecular flexibility index (Phi) is 7.22. The molecule has 150 valence electrons. The molecule has 2 aromatic carbocycles. The minimum Gasteiger partial charge on any atom is -1.00 e. The van der Waals surface area contributed by atoms with Crippen molar-refractivity contribution in [3.8, 4) is 11.1 Å². The van der Waals surface area contributed by atoms with Gasteiger partial charge in [-0.15, -0.1) is 0 Å². The van der Waals surface area contributed by atoms with Gasteiger partial charge in [0, 0.05) is 11.8 Å². The maximum absolute atomic E-state index is 2.59. The molecule has 3 heteroatoms. The van der Waals surface area contributed by atoms with E-state index in [4.69, 9.17) is 0 Å². The molecule has 1 saturated carbocycles. The topological polar surface area (TPSA) is 0 Å². The standard InChI is InChI=1S/C26H28.2ClH.Zr/c1-5-17-14-22-23(15-17)26(4,16-25(22,2)3)24-20-12-8-6-10-18(20)19-11-7-9-13-21(19)24;;;/h6-15,23-24H,5,16H2,1-4H3;2*1H;/q;;;+2/p-2. The molecule has 0 nitrogen and oxygen atoms in total. The van der Waals surface area contributed by atoms with Crippen molar-refractivity contribution in [2.75, 3.05) is 0 Å². The van der Waals surface area contributed by atoms with Gasteiger partial charge in [-0.05, 0) is 45.9 Å². The van der Waals surface area contributed by atoms with Gasteiger partial charge in [-0.3, -0.25) is 0 Å². The summed E-state index contributed by atoms with van der Waals surface area (Å²) in [6.45, 7) is 9.75. The fourth-order valence-corrected chi connectivity index (χ4v) is 6.34. The second kappa shape index (κ2) is 8.49. The van der Waals surface area contributed by atoms with Crippen LogP contribution in [-0.2, 0) is 26.2 Å². The molecule has 5 rings (SSSR count). The van der Waals surface area contributed by atoms with Gasteiger partial charge in [0.2, 0.25) is 0 Å². The number of hydrogen-bond donors (Lipinski definition) is 0. The molecule has 0 aromatic heterocycles. The van der Waals surface area contributed by atoms with Crippen LogP contribution in [0.1, 0.15) is 57.6 Å². The van der Waals surface area contributed by atoms with Gasteiger partial charge in [-0.2, -0.15) is 0 Å². The van der Waals surface area contributed by atoms with Gasteiger partial charge in [-0.25, -0.2) is 0 Å². The summed E-state index contributed by atoms with van der Waals surface area (Å²) in [6.07, 6.45) is 7.50. The van der Waals surface area contributed by atoms with Crippen LogP contribution in [0.4, 0.5) is 0 Å². The van der Waals surface area contributed by atoms with Crippen LogP contribution in [0.2, 0.25) is 0 Å². The zero-order valence-corrected chi connectivity index (χ0v) is 21.6. The minimum absolute atomic E-state index is 0. The molecule has 0 spiro atoms. The van der Waals surface area contributed by atoms with Crippen molar-refractivity contribution in [1.29, 1.82) is 0 Å². The fourth-order valence-electron chi connectivity index (χ4n) is 6.34. The van der Waals surface area contributed by atoms with E-state index >= 15 is 0 Å². The van der Waals surface area contributed by atoms with Crippen LogP contribution in [0.15, 0.2) is 71.8 Å². The van der Waals surface area contributed by atoms with Crippen LogP contribution in [0.25, 0.3) is 11.1 Å². The van der Waals surface area contributed by atoms with E-state index in [1.807, 2.05) is 0 Å². The average molecular weight is 503 g/mol. The van der Waals surface area contributed by atoms with E-state index in [2.05, 4.69) is 88.4 Å². The number of rotatable bonds is 2. The van der Waals surface area contributed by atoms with Crippen LogP contribution < -0.4 is 24.8 Å². The molecule has 2 unspecified atom stereocenters. The van der Waals surface area contributed by atoms with E-state index in [1.54, 1.807) is 5.57 Å². The van der Waals surface area contributed by atoms with Crippen LogP contribution in [0.3, 0.4) is 0 Å². The molecule has 0 bridgehead atoms. The first kappa shape index (κ1) is 24.7. The fraction of sp³-hybridized carbons (Fsp3) is 0.385. The van der Waals surface area contributed by atoms with Crippen LogP contribution in [-0.4, -0.2) is 0 Å². The molecule has 1 fully saturated rings. The number of benzene rings is 2. The Hall–Kier alpha value is -0.617. The van der Waals surface area contributed by atoms with Crippen LogP contribution in [0, 0.1) is 16.7 Å². The predicted octanol–water partition coefficient (Wildman–Crippen LogP) is 1.13. The third-order valence-corrected chi connectivity index (χ3v) is 7.27. The maximum atomic E-state index is 2.59. The van der Waals surface area contributed by atoms with Gasteiger partial charge < -0.3 is 24.8 Å². The molecule has 29 heavy (non-hydrogen) atoms. The SMILES string of the molecule is CCC1=CC2C(=C1)C(C)(C)CC2(C)C1c2ccccc2-c2ccccc21.[Cl-].[Cl-].[Zr+2]. The number of fused-ring (bicyclic) bond motifs is 4. The van der Waals surface area contributed by atoms with Crippen molar-refractivity contribution in [2.45, 2.75) is 46.5 Å². The van der Waals surface area contributed by atoms with E-state index in [0.717, 1.165) is 6.42 Å². The molecule has 0 N–H and O–H groups in total. The quantitative estimate of drug-likeness (QED) is 0.578. The van der Waals surface area contributed by atoms with Crippen molar-refractivity contribution in [1.82, 2.24) is 0 Å². The second-order valence-electron chi connectivity index (χ2n) is 9.35. The van der Waals surface area contributed by atoms with E-state index in [9.17, 15) is 0 Å². The first-order valence-corrected chi connectivity index (χ1v) is 10.1. The summed E-state index contributed by atoms with van der Waals surface area (Å²) < 4.78 is 0. The van der Waals surface area contributed by atoms with Gasteiger partial charge in [0.1, 0.15) is 0 Å². The van der Waals surface area contributed by atoms with Crippen molar-refractivity contribution in [3.63, 3.8) is 0 Å². The van der Waals surface area contributed by atoms with Crippen molar-refractivity contribution < 1.29 is 51.0 Å². The van der Waals surface area contributed by atoms with Gasteiger partial charge in [0.05, 0.1) is 0 Å². The van der Waals surface area contributed by atoms with Gasteiger partial charge in [0.25, 0.3) is 0 Å². The summed E-state index contributed by atoms with van der Waals surface area (Å²) in [7, 11) is 0. The Morgan fingerprint density at radius 2 is 1.38 bits per heavy atom. The summed E-state index contributed by atoms with van der Waals surface area (Å²) >= 11 is 0. The number of allylic oxidation sites excluding steroid dienone is 4. The molecule has 0 radical (unpaired) electrons. The summed E-state index contributed by atoms with van der Waals surface area (Å²) in [6, 6.07) is 18.2. The summed E-state index contributed by atoms with van der Waals surface area (Å²) in [5.74, 6) is 1.05. The molecule has 3 aliphatic rings. The molecule has 0 saturated heterocycles. The van der Waals surface area contributed by atoms with Crippen molar-refractivity contribution in [2.24, 2.45) is 16.7 Å². The third-order valence-electron chi connectivity index (χ3n) is 7.27. The Balaban J connectivity index is 0.000001000. The number of hydrogen-bond acceptors (Lipinski definition) is 0. The average Bonchev–Trinajstić information content (AvgIpc) is 3.26. The van der Waals surface area contributed by atoms with E-state index in [-0.39, 0.29) is 61.8 Å². The molecular weight excluding hydrogens is 474 g/mol. The van der Waals surface area contributed by atoms with E-state index in [1.165, 1.54) is 34.2 Å². The third kappa shape index (κ3) is 3.46. The largest absolute Gasteiger partial charge is 2.00 e. The van der Waals surface area contributed by atoms with Gasteiger partial charge >= 0.3 is 26.2 Å². The molecular formula is C26H28Cl2Zr. The first-order chi connectivity index (χ1) is 12.5. The minimum atomic E-state index is 0. The Bertz CT molecular complexity index is 927. The Morgan fingerprint density at radius 1 is 0.862 bits per heavy atom. The molecule has 2 atom stereocenters. The number of halogens is 2. The maximum Gasteiger partial charge on any atom is 2.00 e. The normalized spacial score (nSPS) is 25.4. The Morgan fingerprint density at radius 3 is 1.90 bits per heavy atom. The van der Waals surface area contributed by atoms with E-state index < -0.39 is 0 Å². The zero-order valence-electron chi connectivity index (χ0n) is 17.6. The van der Waals surface area contributed by atoms with Crippen molar-refractivity contribution >= 4 is 0 Å². The van der Waals surface area contributed by atoms with Gasteiger partial charge in [0.15, 0.2) is 0 Å². The van der Waals surface area contributed by atoms with Crippen molar-refractivity contribution in [3.05, 3.63) is 83.0 Å². The molecule has 0 amide bonds. The Labute approximate surface area is 207 Å². The molecule has 2 aromatic rings. The summed E-state index contributed by atoms with van der Waals surface area (Å²) in [5, 5.41) is 0. The van der Waals surface area contributed by atoms with Crippen LogP contribution in [0.5, 0.6) is 0 Å². The summed E-state index contributed by atoms with van der Waals surface area (Å²) in [5.41, 5.74) is 9.67. The second-order valence-corrected chi connectivity index (χ2v) is 9.35. The smallest absolute Gasteiger partial charge is 1.00 e. The van der Waals surface area contributed by atoms with E-state index in [0.29, 0.717) is 11.8 Å². The zero-order chi connectivity index (χ0) is 18.1. The molecule has 0 aliphatic heterocycles. The predicted molar refractivity (Wildman–Crippen MR) is 110 cm³/mol. The van der Waals surface area contributed by atoms with Gasteiger partial charge in [-0.1, -0.05) is 99.5 Å². The molecule has 0 heterocycles. The first-order valence-electron chi connectivity index (χ1n) is 10.1. The monoisotopic (exact) mass is 500 g/mol. The molecule has 3 aliphatic carbocycles. The summed E-state index contributed by atoms with van der Waals surface area (Å²) in [4.78, 5) is 0.